The predicted molar refractivity (Wildman–Crippen MR) is 116 cm³/mol. The highest BCUT2D eigenvalue weighted by molar-refractivity contribution is 5.97. The van der Waals surface area contributed by atoms with Gasteiger partial charge in [0.1, 0.15) is 6.04 Å². The first-order valence-corrected chi connectivity index (χ1v) is 10.5. The molecule has 2 atom stereocenters. The van der Waals surface area contributed by atoms with Crippen LogP contribution >= 0.6 is 0 Å². The quantitative estimate of drug-likeness (QED) is 0.321. The van der Waals surface area contributed by atoms with Gasteiger partial charge in [-0.15, -0.1) is 0 Å². The molecule has 5 N–H and O–H groups in total. The van der Waals surface area contributed by atoms with E-state index in [-0.39, 0.29) is 12.5 Å². The Morgan fingerprint density at radius 3 is 2.33 bits per heavy atom. The number of carbonyl (C=O) groups excluding carboxylic acids is 2. The number of carbonyl (C=O) groups is 2. The van der Waals surface area contributed by atoms with Crippen molar-refractivity contribution in [1.29, 1.82) is 0 Å². The lowest BCUT2D eigenvalue weighted by Gasteiger charge is -2.19. The number of aryl methyl sites for hydroxylation is 1. The molecule has 1 heterocycles. The van der Waals surface area contributed by atoms with Crippen LogP contribution in [0.15, 0.2) is 48.5 Å². The molecule has 0 bridgehead atoms. The fraction of sp³-hybridized carbons (Fsp3) is 0.391. The molecule has 2 aromatic rings. The molecular formula is C23H30N4O3. The molecule has 0 radical (unpaired) electrons. The van der Waals surface area contributed by atoms with E-state index in [4.69, 9.17) is 5.21 Å². The Bertz CT molecular complexity index is 831. The van der Waals surface area contributed by atoms with Crippen LogP contribution in [-0.4, -0.2) is 48.7 Å². The van der Waals surface area contributed by atoms with E-state index in [2.05, 4.69) is 47.1 Å². The number of rotatable bonds is 9. The summed E-state index contributed by atoms with van der Waals surface area (Å²) in [6.07, 6.45) is 3.22. The van der Waals surface area contributed by atoms with E-state index in [1.165, 1.54) is 5.56 Å². The molecule has 0 aliphatic carbocycles. The summed E-state index contributed by atoms with van der Waals surface area (Å²) in [6, 6.07) is 15.1. The Labute approximate surface area is 177 Å². The van der Waals surface area contributed by atoms with E-state index < -0.39 is 11.9 Å². The summed E-state index contributed by atoms with van der Waals surface area (Å²) in [5.41, 5.74) is 5.47. The van der Waals surface area contributed by atoms with Crippen LogP contribution in [0.3, 0.4) is 0 Å². The second-order valence-corrected chi connectivity index (χ2v) is 7.58. The fourth-order valence-electron chi connectivity index (χ4n) is 3.61. The molecule has 30 heavy (non-hydrogen) atoms. The number of hydrogen-bond acceptors (Lipinski definition) is 5. The molecule has 1 aliphatic rings. The third-order valence-electron chi connectivity index (χ3n) is 5.48. The van der Waals surface area contributed by atoms with Crippen molar-refractivity contribution in [2.75, 3.05) is 19.6 Å². The smallest absolute Gasteiger partial charge is 0.267 e. The first-order valence-electron chi connectivity index (χ1n) is 10.5. The van der Waals surface area contributed by atoms with Crippen molar-refractivity contribution in [2.24, 2.45) is 0 Å². The Morgan fingerprint density at radius 1 is 1.10 bits per heavy atom. The number of hydroxylamine groups is 1. The van der Waals surface area contributed by atoms with Gasteiger partial charge in [0.25, 0.3) is 11.8 Å². The number of benzene rings is 2. The van der Waals surface area contributed by atoms with Crippen LogP contribution in [0.1, 0.15) is 35.7 Å². The zero-order valence-electron chi connectivity index (χ0n) is 17.3. The second kappa shape index (κ2) is 10.9. The van der Waals surface area contributed by atoms with Crippen molar-refractivity contribution in [3.63, 3.8) is 0 Å². The van der Waals surface area contributed by atoms with Gasteiger partial charge in [-0.25, -0.2) is 5.48 Å². The predicted octanol–water partition coefficient (Wildman–Crippen LogP) is 1.86. The van der Waals surface area contributed by atoms with Crippen LogP contribution in [0.5, 0.6) is 0 Å². The minimum atomic E-state index is -0.870. The summed E-state index contributed by atoms with van der Waals surface area (Å²) in [5.74, 6) is -1.01. The maximum atomic E-state index is 12.6. The molecule has 1 aliphatic heterocycles. The van der Waals surface area contributed by atoms with Gasteiger partial charge in [-0.3, -0.25) is 14.8 Å². The van der Waals surface area contributed by atoms with Gasteiger partial charge < -0.3 is 16.0 Å². The molecule has 7 heteroatoms. The summed E-state index contributed by atoms with van der Waals surface area (Å²) >= 11 is 0. The van der Waals surface area contributed by atoms with Crippen molar-refractivity contribution in [2.45, 2.75) is 38.3 Å². The normalized spacial score (nSPS) is 16.8. The first kappa shape index (κ1) is 22.0. The number of nitrogens with one attached hydrogen (secondary N) is 4. The lowest BCUT2D eigenvalue weighted by molar-refractivity contribution is -0.131. The van der Waals surface area contributed by atoms with Gasteiger partial charge in [-0.2, -0.15) is 0 Å². The van der Waals surface area contributed by atoms with Crippen molar-refractivity contribution < 1.29 is 14.8 Å². The van der Waals surface area contributed by atoms with Gasteiger partial charge in [0.15, 0.2) is 0 Å². The Balaban J connectivity index is 1.59. The summed E-state index contributed by atoms with van der Waals surface area (Å²) in [7, 11) is 0. The maximum absolute atomic E-state index is 12.6. The third kappa shape index (κ3) is 5.89. The average molecular weight is 411 g/mol. The highest BCUT2D eigenvalue weighted by Crippen LogP contribution is 2.20. The minimum absolute atomic E-state index is 0.234. The van der Waals surface area contributed by atoms with E-state index in [9.17, 15) is 9.59 Å². The topological polar surface area (TPSA) is 102 Å². The zero-order chi connectivity index (χ0) is 21.3. The van der Waals surface area contributed by atoms with Gasteiger partial charge in [-0.05, 0) is 54.6 Å². The summed E-state index contributed by atoms with van der Waals surface area (Å²) < 4.78 is 0. The lowest BCUT2D eigenvalue weighted by Crippen LogP contribution is -2.52. The molecule has 2 aromatic carbocycles. The monoisotopic (exact) mass is 410 g/mol. The van der Waals surface area contributed by atoms with E-state index in [1.807, 2.05) is 12.1 Å². The summed E-state index contributed by atoms with van der Waals surface area (Å²) in [5, 5.41) is 18.3. The molecule has 0 spiro atoms. The Kier molecular flexibility index (Phi) is 7.96. The van der Waals surface area contributed by atoms with Gasteiger partial charge in [-0.1, -0.05) is 43.3 Å². The van der Waals surface area contributed by atoms with Crippen molar-refractivity contribution in [3.8, 4) is 11.1 Å². The number of hydrogen-bond donors (Lipinski definition) is 5. The highest BCUT2D eigenvalue weighted by Gasteiger charge is 2.22. The van der Waals surface area contributed by atoms with Crippen LogP contribution < -0.4 is 21.4 Å². The summed E-state index contributed by atoms with van der Waals surface area (Å²) in [4.78, 5) is 24.6. The molecule has 7 nitrogen and oxygen atoms in total. The summed E-state index contributed by atoms with van der Waals surface area (Å²) in [6.45, 7) is 4.06. The first-order chi connectivity index (χ1) is 14.6. The van der Waals surface area contributed by atoms with Crippen LogP contribution in [0, 0.1) is 0 Å². The molecule has 0 saturated carbocycles. The lowest BCUT2D eigenvalue weighted by atomic mass is 10.0. The van der Waals surface area contributed by atoms with E-state index in [1.54, 1.807) is 17.6 Å². The van der Waals surface area contributed by atoms with E-state index in [0.717, 1.165) is 36.9 Å². The van der Waals surface area contributed by atoms with Gasteiger partial charge in [0.2, 0.25) is 0 Å². The zero-order valence-corrected chi connectivity index (χ0v) is 17.3. The van der Waals surface area contributed by atoms with Crippen molar-refractivity contribution in [1.82, 2.24) is 21.4 Å². The van der Waals surface area contributed by atoms with Crippen LogP contribution in [0.25, 0.3) is 11.1 Å². The van der Waals surface area contributed by atoms with Gasteiger partial charge >= 0.3 is 0 Å². The molecule has 1 saturated heterocycles. The molecule has 3 rings (SSSR count). The second-order valence-electron chi connectivity index (χ2n) is 7.58. The molecule has 0 unspecified atom stereocenters. The Hall–Kier alpha value is -2.74. The maximum Gasteiger partial charge on any atom is 0.267 e. The Morgan fingerprint density at radius 2 is 1.77 bits per heavy atom. The fourth-order valence-corrected chi connectivity index (χ4v) is 3.61. The van der Waals surface area contributed by atoms with Crippen LogP contribution in [0.2, 0.25) is 0 Å². The SMILES string of the molecule is CCc1ccc(-c2ccc(C(=O)N[C@@H](CNC[C@@H]3CCCN3)C(=O)NO)cc2)cc1. The third-order valence-corrected chi connectivity index (χ3v) is 5.48. The molecule has 160 valence electrons. The van der Waals surface area contributed by atoms with Crippen molar-refractivity contribution in [3.05, 3.63) is 59.7 Å². The van der Waals surface area contributed by atoms with E-state index in [0.29, 0.717) is 18.2 Å². The number of amides is 2. The average Bonchev–Trinajstić information content (AvgIpc) is 3.31. The molecule has 0 aromatic heterocycles. The van der Waals surface area contributed by atoms with Gasteiger partial charge in [0.05, 0.1) is 0 Å². The highest BCUT2D eigenvalue weighted by atomic mass is 16.5. The minimum Gasteiger partial charge on any atom is -0.339 e. The standard InChI is InChI=1S/C23H30N4O3/c1-2-16-5-7-17(8-6-16)18-9-11-19(12-10-18)22(28)26-21(23(29)27-30)15-24-14-20-4-3-13-25-20/h5-12,20-21,24-25,30H,2-4,13-15H2,1H3,(H,26,28)(H,27,29)/t20-,21-/m0/s1. The van der Waals surface area contributed by atoms with Crippen LogP contribution in [-0.2, 0) is 11.2 Å². The van der Waals surface area contributed by atoms with Crippen LogP contribution in [0.4, 0.5) is 0 Å². The largest absolute Gasteiger partial charge is 0.339 e. The van der Waals surface area contributed by atoms with Gasteiger partial charge in [0, 0.05) is 24.7 Å². The molecule has 2 amide bonds. The van der Waals surface area contributed by atoms with Crippen molar-refractivity contribution >= 4 is 11.8 Å². The molecule has 1 fully saturated rings. The van der Waals surface area contributed by atoms with E-state index >= 15 is 0 Å². The molecular weight excluding hydrogens is 380 g/mol.